The van der Waals surface area contributed by atoms with E-state index in [4.69, 9.17) is 5.11 Å². The van der Waals surface area contributed by atoms with Crippen molar-refractivity contribution in [1.82, 2.24) is 9.88 Å². The molecule has 25 heavy (non-hydrogen) atoms. The molecule has 0 radical (unpaired) electrons. The first-order valence-corrected chi connectivity index (χ1v) is 10.1. The normalized spacial score (nSPS) is 15.3. The SMILES string of the molecule is Cc1nc(CSc2ccc(C(=O)N3CCC(C(=O)O)CC3)cc2)cs1. The van der Waals surface area contributed by atoms with Crippen LogP contribution in [0.2, 0.25) is 0 Å². The number of carbonyl (C=O) groups excluding carboxylic acids is 1. The molecule has 0 atom stereocenters. The second kappa shape index (κ2) is 8.01. The summed E-state index contributed by atoms with van der Waals surface area (Å²) < 4.78 is 0. The summed E-state index contributed by atoms with van der Waals surface area (Å²) in [5, 5.41) is 12.2. The molecular formula is C18H20N2O3S2. The first kappa shape index (κ1) is 17.9. The van der Waals surface area contributed by atoms with Gasteiger partial charge in [-0.05, 0) is 44.0 Å². The van der Waals surface area contributed by atoms with Gasteiger partial charge in [0.05, 0.1) is 16.6 Å². The Morgan fingerprint density at radius 1 is 1.28 bits per heavy atom. The van der Waals surface area contributed by atoms with Gasteiger partial charge in [0.1, 0.15) is 0 Å². The minimum Gasteiger partial charge on any atom is -0.481 e. The Labute approximate surface area is 155 Å². The summed E-state index contributed by atoms with van der Waals surface area (Å²) >= 11 is 3.35. The van der Waals surface area contributed by atoms with Crippen LogP contribution in [0.4, 0.5) is 0 Å². The van der Waals surface area contributed by atoms with Crippen molar-refractivity contribution >= 4 is 35.0 Å². The fourth-order valence-electron chi connectivity index (χ4n) is 2.84. The van der Waals surface area contributed by atoms with Gasteiger partial charge in [-0.3, -0.25) is 9.59 Å². The molecule has 0 spiro atoms. The molecule has 1 amide bonds. The topological polar surface area (TPSA) is 70.5 Å². The highest BCUT2D eigenvalue weighted by molar-refractivity contribution is 7.98. The third-order valence-electron chi connectivity index (χ3n) is 4.29. The Hall–Kier alpha value is -1.86. The Morgan fingerprint density at radius 3 is 2.52 bits per heavy atom. The number of aliphatic carboxylic acids is 1. The van der Waals surface area contributed by atoms with Crippen LogP contribution in [0.5, 0.6) is 0 Å². The number of aryl methyl sites for hydroxylation is 1. The van der Waals surface area contributed by atoms with Crippen LogP contribution in [-0.4, -0.2) is 40.0 Å². The minimum atomic E-state index is -0.760. The number of nitrogens with zero attached hydrogens (tertiary/aromatic N) is 2. The monoisotopic (exact) mass is 376 g/mol. The first-order valence-electron chi connectivity index (χ1n) is 8.19. The molecule has 132 valence electrons. The number of piperidine rings is 1. The number of hydrogen-bond donors (Lipinski definition) is 1. The summed E-state index contributed by atoms with van der Waals surface area (Å²) in [6.45, 7) is 3.02. The Kier molecular flexibility index (Phi) is 5.75. The number of rotatable bonds is 5. The van der Waals surface area contributed by atoms with Crippen LogP contribution in [0.25, 0.3) is 0 Å². The zero-order valence-corrected chi connectivity index (χ0v) is 15.6. The zero-order chi connectivity index (χ0) is 17.8. The largest absolute Gasteiger partial charge is 0.481 e. The van der Waals surface area contributed by atoms with E-state index in [0.29, 0.717) is 31.5 Å². The molecule has 1 aromatic carbocycles. The summed E-state index contributed by atoms with van der Waals surface area (Å²) in [5.74, 6) is -0.281. The smallest absolute Gasteiger partial charge is 0.306 e. The van der Waals surface area contributed by atoms with Gasteiger partial charge in [0, 0.05) is 34.7 Å². The van der Waals surface area contributed by atoms with Crippen molar-refractivity contribution < 1.29 is 14.7 Å². The van der Waals surface area contributed by atoms with E-state index in [1.807, 2.05) is 31.2 Å². The summed E-state index contributed by atoms with van der Waals surface area (Å²) in [4.78, 5) is 30.8. The van der Waals surface area contributed by atoms with Gasteiger partial charge in [0.2, 0.25) is 0 Å². The van der Waals surface area contributed by atoms with E-state index >= 15 is 0 Å². The van der Waals surface area contributed by atoms with E-state index < -0.39 is 5.97 Å². The standard InChI is InChI=1S/C18H20N2O3S2/c1-12-19-15(10-24-12)11-25-16-4-2-13(3-5-16)17(21)20-8-6-14(7-9-20)18(22)23/h2-5,10,14H,6-9,11H2,1H3,(H,22,23). The van der Waals surface area contributed by atoms with Crippen LogP contribution < -0.4 is 0 Å². The lowest BCUT2D eigenvalue weighted by atomic mass is 9.96. The van der Waals surface area contributed by atoms with E-state index in [-0.39, 0.29) is 11.8 Å². The number of likely N-dealkylation sites (tertiary alicyclic amines) is 1. The van der Waals surface area contributed by atoms with Gasteiger partial charge in [-0.1, -0.05) is 0 Å². The van der Waals surface area contributed by atoms with Gasteiger partial charge in [0.25, 0.3) is 5.91 Å². The van der Waals surface area contributed by atoms with Crippen molar-refractivity contribution in [3.63, 3.8) is 0 Å². The maximum Gasteiger partial charge on any atom is 0.306 e. The molecule has 5 nitrogen and oxygen atoms in total. The highest BCUT2D eigenvalue weighted by atomic mass is 32.2. The van der Waals surface area contributed by atoms with E-state index in [1.165, 1.54) is 0 Å². The highest BCUT2D eigenvalue weighted by Gasteiger charge is 2.27. The Balaban J connectivity index is 1.54. The highest BCUT2D eigenvalue weighted by Crippen LogP contribution is 2.25. The third kappa shape index (κ3) is 4.61. The van der Waals surface area contributed by atoms with Crippen molar-refractivity contribution in [3.8, 4) is 0 Å². The van der Waals surface area contributed by atoms with E-state index in [0.717, 1.165) is 21.3 Å². The molecule has 7 heteroatoms. The van der Waals surface area contributed by atoms with Gasteiger partial charge in [-0.15, -0.1) is 23.1 Å². The Bertz CT molecular complexity index is 750. The van der Waals surface area contributed by atoms with Gasteiger partial charge in [-0.25, -0.2) is 4.98 Å². The predicted octanol–water partition coefficient (Wildman–Crippen LogP) is 3.68. The van der Waals surface area contributed by atoms with Crippen molar-refractivity contribution in [2.24, 2.45) is 5.92 Å². The summed E-state index contributed by atoms with van der Waals surface area (Å²) in [5.41, 5.74) is 1.73. The van der Waals surface area contributed by atoms with Crippen LogP contribution in [-0.2, 0) is 10.5 Å². The maximum absolute atomic E-state index is 12.5. The summed E-state index contributed by atoms with van der Waals surface area (Å²) in [6, 6.07) is 7.61. The van der Waals surface area contributed by atoms with Gasteiger partial charge < -0.3 is 10.0 Å². The molecule has 0 saturated carbocycles. The average molecular weight is 377 g/mol. The maximum atomic E-state index is 12.5. The zero-order valence-electron chi connectivity index (χ0n) is 14.0. The fourth-order valence-corrected chi connectivity index (χ4v) is 4.35. The minimum absolute atomic E-state index is 0.0180. The number of carboxylic acids is 1. The molecule has 0 aliphatic carbocycles. The number of hydrogen-bond acceptors (Lipinski definition) is 5. The fraction of sp³-hybridized carbons (Fsp3) is 0.389. The van der Waals surface area contributed by atoms with Gasteiger partial charge >= 0.3 is 5.97 Å². The second-order valence-corrected chi connectivity index (χ2v) is 8.19. The lowest BCUT2D eigenvalue weighted by Gasteiger charge is -2.30. The van der Waals surface area contributed by atoms with Crippen LogP contribution in [0, 0.1) is 12.8 Å². The predicted molar refractivity (Wildman–Crippen MR) is 99.1 cm³/mol. The lowest BCUT2D eigenvalue weighted by Crippen LogP contribution is -2.40. The molecule has 2 heterocycles. The molecule has 3 rings (SSSR count). The van der Waals surface area contributed by atoms with Gasteiger partial charge in [-0.2, -0.15) is 0 Å². The van der Waals surface area contributed by atoms with Crippen LogP contribution >= 0.6 is 23.1 Å². The van der Waals surface area contributed by atoms with Crippen molar-refractivity contribution in [3.05, 3.63) is 45.9 Å². The molecule has 2 aromatic rings. The summed E-state index contributed by atoms with van der Waals surface area (Å²) in [7, 11) is 0. The molecule has 1 fully saturated rings. The van der Waals surface area contributed by atoms with Crippen LogP contribution in [0.1, 0.15) is 33.9 Å². The number of thioether (sulfide) groups is 1. The quantitative estimate of drug-likeness (QED) is 0.806. The van der Waals surface area contributed by atoms with Gasteiger partial charge in [0.15, 0.2) is 0 Å². The molecule has 1 aliphatic heterocycles. The molecule has 1 N–H and O–H groups in total. The van der Waals surface area contributed by atoms with Crippen molar-refractivity contribution in [2.75, 3.05) is 13.1 Å². The molecule has 1 aliphatic rings. The molecule has 0 bridgehead atoms. The number of amides is 1. The number of carboxylic acid groups (broad SMARTS) is 1. The number of aromatic nitrogens is 1. The van der Waals surface area contributed by atoms with Crippen LogP contribution in [0.3, 0.4) is 0 Å². The van der Waals surface area contributed by atoms with E-state index in [1.54, 1.807) is 28.0 Å². The number of benzene rings is 1. The molecular weight excluding hydrogens is 356 g/mol. The molecule has 1 aromatic heterocycles. The number of thiazole rings is 1. The van der Waals surface area contributed by atoms with Crippen LogP contribution in [0.15, 0.2) is 34.5 Å². The first-order chi connectivity index (χ1) is 12.0. The third-order valence-corrected chi connectivity index (χ3v) is 6.15. The molecule has 1 saturated heterocycles. The number of carbonyl (C=O) groups is 2. The molecule has 0 unspecified atom stereocenters. The van der Waals surface area contributed by atoms with Crippen molar-refractivity contribution in [1.29, 1.82) is 0 Å². The average Bonchev–Trinajstić information content (AvgIpc) is 3.05. The van der Waals surface area contributed by atoms with Crippen molar-refractivity contribution in [2.45, 2.75) is 30.4 Å². The second-order valence-electron chi connectivity index (χ2n) is 6.08. The Morgan fingerprint density at radius 2 is 1.96 bits per heavy atom. The summed E-state index contributed by atoms with van der Waals surface area (Å²) in [6.07, 6.45) is 1.06. The van der Waals surface area contributed by atoms with E-state index in [9.17, 15) is 9.59 Å². The lowest BCUT2D eigenvalue weighted by molar-refractivity contribution is -0.143. The van der Waals surface area contributed by atoms with E-state index in [2.05, 4.69) is 10.4 Å².